The van der Waals surface area contributed by atoms with Crippen LogP contribution in [0.1, 0.15) is 37.4 Å². The largest absolute Gasteiger partial charge is 0.387 e. The summed E-state index contributed by atoms with van der Waals surface area (Å²) in [5.74, 6) is 0.692. The summed E-state index contributed by atoms with van der Waals surface area (Å²) in [4.78, 5) is 8.14. The van der Waals surface area contributed by atoms with Gasteiger partial charge in [0.2, 0.25) is 0 Å². The molecule has 1 unspecified atom stereocenters. The topological polar surface area (TPSA) is 46.0 Å². The number of aliphatic hydroxyl groups excluding tert-OH is 1. The Morgan fingerprint density at radius 3 is 2.93 bits per heavy atom. The molecule has 1 aromatic rings. The summed E-state index contributed by atoms with van der Waals surface area (Å²) in [5.41, 5.74) is 1.77. The van der Waals surface area contributed by atoms with E-state index in [-0.39, 0.29) is 0 Å². The molecule has 0 saturated carbocycles. The Morgan fingerprint density at radius 2 is 2.36 bits per heavy atom. The SMILES string of the molecule is C=C(C)CCC(O)c1ccnc(C)n1. The van der Waals surface area contributed by atoms with E-state index in [0.717, 1.165) is 12.0 Å². The van der Waals surface area contributed by atoms with Gasteiger partial charge in [0, 0.05) is 6.20 Å². The molecule has 1 aromatic heterocycles. The highest BCUT2D eigenvalue weighted by atomic mass is 16.3. The first-order chi connectivity index (χ1) is 6.59. The Balaban J connectivity index is 2.60. The van der Waals surface area contributed by atoms with Crippen LogP contribution in [0.5, 0.6) is 0 Å². The molecule has 0 aromatic carbocycles. The number of nitrogens with zero attached hydrogens (tertiary/aromatic N) is 2. The summed E-state index contributed by atoms with van der Waals surface area (Å²) < 4.78 is 0. The Bertz CT molecular complexity index is 323. The third-order valence-electron chi connectivity index (χ3n) is 1.98. The third-order valence-corrected chi connectivity index (χ3v) is 1.98. The van der Waals surface area contributed by atoms with Crippen LogP contribution in [0.2, 0.25) is 0 Å². The molecule has 1 rings (SSSR count). The van der Waals surface area contributed by atoms with E-state index < -0.39 is 6.10 Å². The van der Waals surface area contributed by atoms with Gasteiger partial charge in [0.25, 0.3) is 0 Å². The van der Waals surface area contributed by atoms with E-state index in [0.29, 0.717) is 17.9 Å². The molecule has 3 nitrogen and oxygen atoms in total. The highest BCUT2D eigenvalue weighted by Gasteiger charge is 2.08. The van der Waals surface area contributed by atoms with E-state index in [4.69, 9.17) is 0 Å². The van der Waals surface area contributed by atoms with Crippen LogP contribution in [-0.4, -0.2) is 15.1 Å². The van der Waals surface area contributed by atoms with E-state index in [1.807, 2.05) is 13.8 Å². The molecule has 1 heterocycles. The van der Waals surface area contributed by atoms with E-state index in [2.05, 4.69) is 16.5 Å². The van der Waals surface area contributed by atoms with Crippen molar-refractivity contribution in [2.45, 2.75) is 32.8 Å². The fraction of sp³-hybridized carbons (Fsp3) is 0.455. The Hall–Kier alpha value is -1.22. The van der Waals surface area contributed by atoms with Gasteiger partial charge in [0.05, 0.1) is 11.8 Å². The molecule has 0 aliphatic carbocycles. The van der Waals surface area contributed by atoms with Gasteiger partial charge >= 0.3 is 0 Å². The molecule has 0 spiro atoms. The predicted octanol–water partition coefficient (Wildman–Crippen LogP) is 2.17. The third kappa shape index (κ3) is 3.26. The smallest absolute Gasteiger partial charge is 0.125 e. The Kier molecular flexibility index (Phi) is 3.77. The maximum absolute atomic E-state index is 9.76. The lowest BCUT2D eigenvalue weighted by molar-refractivity contribution is 0.162. The zero-order chi connectivity index (χ0) is 10.6. The Labute approximate surface area is 84.5 Å². The summed E-state index contributed by atoms with van der Waals surface area (Å²) in [6.45, 7) is 7.57. The molecule has 0 radical (unpaired) electrons. The minimum Gasteiger partial charge on any atom is -0.387 e. The van der Waals surface area contributed by atoms with Crippen LogP contribution in [0.3, 0.4) is 0 Å². The van der Waals surface area contributed by atoms with Crippen molar-refractivity contribution in [1.29, 1.82) is 0 Å². The van der Waals surface area contributed by atoms with Crippen molar-refractivity contribution in [3.63, 3.8) is 0 Å². The second-order valence-corrected chi connectivity index (χ2v) is 3.54. The second kappa shape index (κ2) is 4.86. The van der Waals surface area contributed by atoms with Crippen molar-refractivity contribution in [1.82, 2.24) is 9.97 Å². The van der Waals surface area contributed by atoms with Crippen molar-refractivity contribution in [3.05, 3.63) is 35.9 Å². The van der Waals surface area contributed by atoms with E-state index in [9.17, 15) is 5.11 Å². The molecule has 1 N–H and O–H groups in total. The molecule has 14 heavy (non-hydrogen) atoms. The molecular weight excluding hydrogens is 176 g/mol. The van der Waals surface area contributed by atoms with Crippen LogP contribution in [0.4, 0.5) is 0 Å². The van der Waals surface area contributed by atoms with Crippen LogP contribution >= 0.6 is 0 Å². The fourth-order valence-corrected chi connectivity index (χ4v) is 1.19. The molecule has 0 bridgehead atoms. The standard InChI is InChI=1S/C11H16N2O/c1-8(2)4-5-11(14)10-6-7-12-9(3)13-10/h6-7,11,14H,1,4-5H2,2-3H3. The van der Waals surface area contributed by atoms with Crippen LogP contribution in [0.25, 0.3) is 0 Å². The number of hydrogen-bond acceptors (Lipinski definition) is 3. The number of aliphatic hydroxyl groups is 1. The summed E-state index contributed by atoms with van der Waals surface area (Å²) in [6.07, 6.45) is 2.66. The summed E-state index contributed by atoms with van der Waals surface area (Å²) in [7, 11) is 0. The number of aromatic nitrogens is 2. The van der Waals surface area contributed by atoms with E-state index >= 15 is 0 Å². The monoisotopic (exact) mass is 192 g/mol. The lowest BCUT2D eigenvalue weighted by atomic mass is 10.1. The second-order valence-electron chi connectivity index (χ2n) is 3.54. The molecule has 0 aliphatic heterocycles. The Morgan fingerprint density at radius 1 is 1.64 bits per heavy atom. The zero-order valence-corrected chi connectivity index (χ0v) is 8.70. The minimum atomic E-state index is -0.506. The van der Waals surface area contributed by atoms with Gasteiger partial charge in [-0.3, -0.25) is 0 Å². The first kappa shape index (κ1) is 10.9. The maximum atomic E-state index is 9.76. The lowest BCUT2D eigenvalue weighted by Crippen LogP contribution is -2.02. The minimum absolute atomic E-state index is 0.506. The maximum Gasteiger partial charge on any atom is 0.125 e. The van der Waals surface area contributed by atoms with Gasteiger partial charge in [-0.1, -0.05) is 5.57 Å². The van der Waals surface area contributed by atoms with Crippen molar-refractivity contribution in [2.24, 2.45) is 0 Å². The highest BCUT2D eigenvalue weighted by Crippen LogP contribution is 2.17. The normalized spacial score (nSPS) is 12.5. The molecule has 76 valence electrons. The van der Waals surface area contributed by atoms with Crippen LogP contribution in [0, 0.1) is 6.92 Å². The quantitative estimate of drug-likeness (QED) is 0.744. The van der Waals surface area contributed by atoms with Crippen LogP contribution < -0.4 is 0 Å². The van der Waals surface area contributed by atoms with Gasteiger partial charge in [0.1, 0.15) is 5.82 Å². The lowest BCUT2D eigenvalue weighted by Gasteiger charge is -2.09. The van der Waals surface area contributed by atoms with Crippen molar-refractivity contribution in [3.8, 4) is 0 Å². The van der Waals surface area contributed by atoms with Crippen LogP contribution in [-0.2, 0) is 0 Å². The number of aryl methyl sites for hydroxylation is 1. The van der Waals surface area contributed by atoms with Gasteiger partial charge in [-0.25, -0.2) is 9.97 Å². The first-order valence-electron chi connectivity index (χ1n) is 4.71. The van der Waals surface area contributed by atoms with Gasteiger partial charge in [-0.2, -0.15) is 0 Å². The molecule has 0 fully saturated rings. The average molecular weight is 192 g/mol. The molecule has 3 heteroatoms. The van der Waals surface area contributed by atoms with Gasteiger partial charge in [-0.15, -0.1) is 6.58 Å². The van der Waals surface area contributed by atoms with Crippen molar-refractivity contribution < 1.29 is 5.11 Å². The number of allylic oxidation sites excluding steroid dienone is 1. The van der Waals surface area contributed by atoms with Gasteiger partial charge in [0.15, 0.2) is 0 Å². The summed E-state index contributed by atoms with van der Waals surface area (Å²) in [6, 6.07) is 1.75. The van der Waals surface area contributed by atoms with Crippen molar-refractivity contribution in [2.75, 3.05) is 0 Å². The molecule has 1 atom stereocenters. The predicted molar refractivity (Wildman–Crippen MR) is 55.8 cm³/mol. The van der Waals surface area contributed by atoms with Crippen molar-refractivity contribution >= 4 is 0 Å². The molecule has 0 saturated heterocycles. The zero-order valence-electron chi connectivity index (χ0n) is 8.70. The van der Waals surface area contributed by atoms with E-state index in [1.165, 1.54) is 0 Å². The molecule has 0 aliphatic rings. The summed E-state index contributed by atoms with van der Waals surface area (Å²) >= 11 is 0. The molecular formula is C11H16N2O. The van der Waals surface area contributed by atoms with Crippen LogP contribution in [0.15, 0.2) is 24.4 Å². The fourth-order valence-electron chi connectivity index (χ4n) is 1.19. The van der Waals surface area contributed by atoms with Gasteiger partial charge in [-0.05, 0) is 32.8 Å². The first-order valence-corrected chi connectivity index (χ1v) is 4.71. The number of hydrogen-bond donors (Lipinski definition) is 1. The molecule has 0 amide bonds. The summed E-state index contributed by atoms with van der Waals surface area (Å²) in [5, 5.41) is 9.76. The van der Waals surface area contributed by atoms with E-state index in [1.54, 1.807) is 12.3 Å². The van der Waals surface area contributed by atoms with Gasteiger partial charge < -0.3 is 5.11 Å². The number of rotatable bonds is 4. The average Bonchev–Trinajstić information content (AvgIpc) is 2.14. The highest BCUT2D eigenvalue weighted by molar-refractivity contribution is 5.05.